The Kier molecular flexibility index (Phi) is 5.74. The summed E-state index contributed by atoms with van der Waals surface area (Å²) < 4.78 is 10.9. The first kappa shape index (κ1) is 19.2. The van der Waals surface area contributed by atoms with Crippen molar-refractivity contribution in [2.45, 2.75) is 26.9 Å². The normalized spacial score (nSPS) is 10.5. The highest BCUT2D eigenvalue weighted by atomic mass is 16.5. The second-order valence-corrected chi connectivity index (χ2v) is 6.37. The predicted molar refractivity (Wildman–Crippen MR) is 104 cm³/mol. The van der Waals surface area contributed by atoms with Crippen LogP contribution >= 0.6 is 0 Å². The van der Waals surface area contributed by atoms with Crippen molar-refractivity contribution in [2.24, 2.45) is 5.73 Å². The molecule has 1 heterocycles. The molecule has 3 N–H and O–H groups in total. The number of carbonyl (C=O) groups excluding carboxylic acids is 2. The van der Waals surface area contributed by atoms with E-state index in [4.69, 9.17) is 15.0 Å². The highest BCUT2D eigenvalue weighted by Gasteiger charge is 2.13. The number of nitrogens with zero attached hydrogens (tertiary/aromatic N) is 1. The number of benzene rings is 2. The number of carbonyl (C=O) groups is 2. The molecule has 3 rings (SSSR count). The summed E-state index contributed by atoms with van der Waals surface area (Å²) >= 11 is 0. The first-order valence-corrected chi connectivity index (χ1v) is 8.76. The van der Waals surface area contributed by atoms with E-state index < -0.39 is 5.91 Å². The predicted octanol–water partition coefficient (Wildman–Crippen LogP) is 3.15. The molecule has 0 saturated carbocycles. The summed E-state index contributed by atoms with van der Waals surface area (Å²) in [4.78, 5) is 23.9. The number of aryl methyl sites for hydroxylation is 2. The van der Waals surface area contributed by atoms with Gasteiger partial charge in [0, 0.05) is 11.3 Å². The monoisotopic (exact) mass is 379 g/mol. The molecular weight excluding hydrogens is 358 g/mol. The fourth-order valence-corrected chi connectivity index (χ4v) is 2.77. The molecule has 7 heteroatoms. The summed E-state index contributed by atoms with van der Waals surface area (Å²) in [6.07, 6.45) is 0.0526. The van der Waals surface area contributed by atoms with E-state index in [1.54, 1.807) is 48.5 Å². The molecule has 0 atom stereocenters. The molecule has 0 bridgehead atoms. The van der Waals surface area contributed by atoms with Gasteiger partial charge in [-0.1, -0.05) is 29.4 Å². The van der Waals surface area contributed by atoms with Gasteiger partial charge in [-0.2, -0.15) is 0 Å². The molecule has 0 spiro atoms. The molecule has 0 aliphatic rings. The van der Waals surface area contributed by atoms with Crippen molar-refractivity contribution in [3.05, 3.63) is 76.7 Å². The summed E-state index contributed by atoms with van der Waals surface area (Å²) in [6, 6.07) is 13.9. The minimum Gasteiger partial charge on any atom is -0.489 e. The molecule has 1 aromatic heterocycles. The van der Waals surface area contributed by atoms with E-state index in [-0.39, 0.29) is 12.3 Å². The van der Waals surface area contributed by atoms with Crippen molar-refractivity contribution < 1.29 is 18.8 Å². The van der Waals surface area contributed by atoms with Gasteiger partial charge in [0.15, 0.2) is 0 Å². The average molecular weight is 379 g/mol. The van der Waals surface area contributed by atoms with E-state index in [0.717, 1.165) is 11.3 Å². The lowest BCUT2D eigenvalue weighted by Crippen LogP contribution is -2.17. The third kappa shape index (κ3) is 4.56. The maximum Gasteiger partial charge on any atom is 0.255 e. The Morgan fingerprint density at radius 2 is 1.93 bits per heavy atom. The zero-order valence-electron chi connectivity index (χ0n) is 15.7. The summed E-state index contributed by atoms with van der Waals surface area (Å²) in [5.74, 6) is 0.492. The van der Waals surface area contributed by atoms with Crippen molar-refractivity contribution in [2.75, 3.05) is 5.32 Å². The average Bonchev–Trinajstić information content (AvgIpc) is 2.99. The number of hydrogen-bond acceptors (Lipinski definition) is 5. The number of primary amides is 1. The third-order valence-electron chi connectivity index (χ3n) is 4.29. The molecule has 0 fully saturated rings. The van der Waals surface area contributed by atoms with Crippen molar-refractivity contribution >= 4 is 17.5 Å². The summed E-state index contributed by atoms with van der Waals surface area (Å²) in [7, 11) is 0. The first-order chi connectivity index (χ1) is 13.4. The Balaban J connectivity index is 1.72. The molecule has 0 saturated heterocycles. The molecular formula is C21H21N3O4. The summed E-state index contributed by atoms with van der Waals surface area (Å²) in [5, 5.41) is 6.72. The van der Waals surface area contributed by atoms with Gasteiger partial charge in [0.05, 0.1) is 17.7 Å². The van der Waals surface area contributed by atoms with E-state index >= 15 is 0 Å². The zero-order chi connectivity index (χ0) is 20.1. The van der Waals surface area contributed by atoms with E-state index in [1.807, 2.05) is 13.8 Å². The van der Waals surface area contributed by atoms with Crippen LogP contribution in [0.2, 0.25) is 0 Å². The first-order valence-electron chi connectivity index (χ1n) is 8.76. The number of ether oxygens (including phenoxy) is 1. The van der Waals surface area contributed by atoms with Crippen LogP contribution in [0.15, 0.2) is 53.1 Å². The molecule has 2 amide bonds. The maximum absolute atomic E-state index is 12.6. The van der Waals surface area contributed by atoms with Crippen LogP contribution in [0.5, 0.6) is 5.75 Å². The number of anilines is 1. The largest absolute Gasteiger partial charge is 0.489 e. The Hall–Kier alpha value is -3.61. The lowest BCUT2D eigenvalue weighted by Gasteiger charge is -2.11. The van der Waals surface area contributed by atoms with Crippen LogP contribution in [0, 0.1) is 13.8 Å². The Bertz CT molecular complexity index is 991. The van der Waals surface area contributed by atoms with Gasteiger partial charge in [0.25, 0.3) is 5.91 Å². The second-order valence-electron chi connectivity index (χ2n) is 6.37. The van der Waals surface area contributed by atoms with Gasteiger partial charge in [0.1, 0.15) is 18.1 Å². The fraction of sp³-hybridized carbons (Fsp3) is 0.190. The number of rotatable bonds is 7. The number of hydrogen-bond donors (Lipinski definition) is 2. The SMILES string of the molecule is Cc1noc(C)c1COc1cccc(C(=O)Nc2ccccc2CC(N)=O)c1. The van der Waals surface area contributed by atoms with Crippen LogP contribution in [0.1, 0.15) is 32.9 Å². The molecule has 2 aromatic carbocycles. The highest BCUT2D eigenvalue weighted by Crippen LogP contribution is 2.21. The van der Waals surface area contributed by atoms with Gasteiger partial charge in [-0.15, -0.1) is 0 Å². The smallest absolute Gasteiger partial charge is 0.255 e. The van der Waals surface area contributed by atoms with Crippen LogP contribution in [-0.4, -0.2) is 17.0 Å². The summed E-state index contributed by atoms with van der Waals surface area (Å²) in [5.41, 5.74) is 8.58. The Labute approximate surface area is 162 Å². The zero-order valence-corrected chi connectivity index (χ0v) is 15.7. The molecule has 144 valence electrons. The standard InChI is InChI=1S/C21H21N3O4/c1-13-18(14(2)28-24-13)12-27-17-8-5-7-16(10-17)21(26)23-19-9-4-3-6-15(19)11-20(22)25/h3-10H,11-12H2,1-2H3,(H2,22,25)(H,23,26). The van der Waals surface area contributed by atoms with Gasteiger partial charge < -0.3 is 20.3 Å². The number of nitrogens with one attached hydrogen (secondary N) is 1. The van der Waals surface area contributed by atoms with Crippen molar-refractivity contribution in [1.29, 1.82) is 0 Å². The number of amides is 2. The van der Waals surface area contributed by atoms with Gasteiger partial charge in [-0.25, -0.2) is 0 Å². The van der Waals surface area contributed by atoms with Crippen LogP contribution in [0.4, 0.5) is 5.69 Å². The lowest BCUT2D eigenvalue weighted by atomic mass is 10.1. The number of nitrogens with two attached hydrogens (primary N) is 1. The van der Waals surface area contributed by atoms with Crippen molar-refractivity contribution in [3.63, 3.8) is 0 Å². The maximum atomic E-state index is 12.6. The lowest BCUT2D eigenvalue weighted by molar-refractivity contribution is -0.117. The molecule has 0 aliphatic heterocycles. The third-order valence-corrected chi connectivity index (χ3v) is 4.29. The molecule has 7 nitrogen and oxygen atoms in total. The molecule has 3 aromatic rings. The van der Waals surface area contributed by atoms with Crippen LogP contribution in [-0.2, 0) is 17.8 Å². The molecule has 0 unspecified atom stereocenters. The Morgan fingerprint density at radius 3 is 2.64 bits per heavy atom. The number of aromatic nitrogens is 1. The van der Waals surface area contributed by atoms with Gasteiger partial charge in [-0.05, 0) is 43.7 Å². The van der Waals surface area contributed by atoms with Gasteiger partial charge in [0.2, 0.25) is 5.91 Å². The van der Waals surface area contributed by atoms with Crippen LogP contribution in [0.3, 0.4) is 0 Å². The van der Waals surface area contributed by atoms with E-state index in [1.165, 1.54) is 0 Å². The topological polar surface area (TPSA) is 107 Å². The molecule has 28 heavy (non-hydrogen) atoms. The highest BCUT2D eigenvalue weighted by molar-refractivity contribution is 6.05. The van der Waals surface area contributed by atoms with E-state index in [9.17, 15) is 9.59 Å². The fourth-order valence-electron chi connectivity index (χ4n) is 2.77. The minimum absolute atomic E-state index is 0.0526. The van der Waals surface area contributed by atoms with E-state index in [2.05, 4.69) is 10.5 Å². The Morgan fingerprint density at radius 1 is 1.14 bits per heavy atom. The summed E-state index contributed by atoms with van der Waals surface area (Å²) in [6.45, 7) is 3.97. The van der Waals surface area contributed by atoms with Crippen LogP contribution < -0.4 is 15.8 Å². The molecule has 0 aliphatic carbocycles. The quantitative estimate of drug-likeness (QED) is 0.656. The molecule has 0 radical (unpaired) electrons. The minimum atomic E-state index is -0.462. The second kappa shape index (κ2) is 8.39. The van der Waals surface area contributed by atoms with E-state index in [0.29, 0.717) is 34.9 Å². The van der Waals surface area contributed by atoms with Gasteiger partial charge in [-0.3, -0.25) is 9.59 Å². The number of para-hydroxylation sites is 1. The van der Waals surface area contributed by atoms with Crippen molar-refractivity contribution in [1.82, 2.24) is 5.16 Å². The van der Waals surface area contributed by atoms with Crippen molar-refractivity contribution in [3.8, 4) is 5.75 Å². The van der Waals surface area contributed by atoms with Gasteiger partial charge >= 0.3 is 0 Å². The van der Waals surface area contributed by atoms with Crippen LogP contribution in [0.25, 0.3) is 0 Å².